The van der Waals surface area contributed by atoms with Gasteiger partial charge >= 0.3 is 5.97 Å². The van der Waals surface area contributed by atoms with Gasteiger partial charge in [0.05, 0.1) is 6.42 Å². The lowest BCUT2D eigenvalue weighted by Crippen LogP contribution is -2.15. The van der Waals surface area contributed by atoms with Gasteiger partial charge in [0.15, 0.2) is 12.4 Å². The maximum atomic E-state index is 11.8. The molecule has 2 rings (SSSR count). The Hall–Kier alpha value is -1.46. The lowest BCUT2D eigenvalue weighted by Gasteiger charge is -2.03. The molecule has 0 spiro atoms. The average Bonchev–Trinajstić information content (AvgIpc) is 2.89. The molecule has 3 nitrogen and oxygen atoms in total. The standard InChI is InChI=1S/C14H11BrO3S/c15-11-5-3-10(4-6-11)13(16)9-18-14(17)8-12-2-1-7-19-12/h1-7H,8-9H2. The Kier molecular flexibility index (Phi) is 4.87. The van der Waals surface area contributed by atoms with Crippen LogP contribution in [-0.2, 0) is 16.0 Å². The van der Waals surface area contributed by atoms with Crippen molar-refractivity contribution in [1.29, 1.82) is 0 Å². The Labute approximate surface area is 123 Å². The van der Waals surface area contributed by atoms with Gasteiger partial charge in [-0.3, -0.25) is 9.59 Å². The van der Waals surface area contributed by atoms with Gasteiger partial charge in [-0.1, -0.05) is 34.1 Å². The highest BCUT2D eigenvalue weighted by molar-refractivity contribution is 9.10. The van der Waals surface area contributed by atoms with Crippen LogP contribution in [0.5, 0.6) is 0 Å². The van der Waals surface area contributed by atoms with Crippen LogP contribution in [0.1, 0.15) is 15.2 Å². The zero-order valence-corrected chi connectivity index (χ0v) is 12.4. The third-order valence-corrected chi connectivity index (χ3v) is 3.83. The molecule has 0 bridgehead atoms. The van der Waals surface area contributed by atoms with Crippen LogP contribution in [0.4, 0.5) is 0 Å². The summed E-state index contributed by atoms with van der Waals surface area (Å²) >= 11 is 4.79. The fourth-order valence-electron chi connectivity index (χ4n) is 1.47. The van der Waals surface area contributed by atoms with Crippen LogP contribution in [-0.4, -0.2) is 18.4 Å². The monoisotopic (exact) mass is 338 g/mol. The quantitative estimate of drug-likeness (QED) is 0.619. The summed E-state index contributed by atoms with van der Waals surface area (Å²) in [6.45, 7) is -0.216. The van der Waals surface area contributed by atoms with E-state index in [0.29, 0.717) is 5.56 Å². The molecule has 0 radical (unpaired) electrons. The van der Waals surface area contributed by atoms with Crippen molar-refractivity contribution >= 4 is 39.0 Å². The molecule has 5 heteroatoms. The van der Waals surface area contributed by atoms with E-state index in [-0.39, 0.29) is 24.8 Å². The van der Waals surface area contributed by atoms with Gasteiger partial charge in [-0.25, -0.2) is 0 Å². The molecule has 0 saturated carbocycles. The predicted octanol–water partition coefficient (Wildman–Crippen LogP) is 3.48. The smallest absolute Gasteiger partial charge is 0.311 e. The van der Waals surface area contributed by atoms with Crippen LogP contribution in [0, 0.1) is 0 Å². The van der Waals surface area contributed by atoms with E-state index >= 15 is 0 Å². The highest BCUT2D eigenvalue weighted by Crippen LogP contribution is 2.12. The van der Waals surface area contributed by atoms with E-state index < -0.39 is 0 Å². The van der Waals surface area contributed by atoms with E-state index in [9.17, 15) is 9.59 Å². The topological polar surface area (TPSA) is 43.4 Å². The molecule has 19 heavy (non-hydrogen) atoms. The summed E-state index contributed by atoms with van der Waals surface area (Å²) in [4.78, 5) is 24.2. The summed E-state index contributed by atoms with van der Waals surface area (Å²) in [7, 11) is 0. The molecular weight excluding hydrogens is 328 g/mol. The summed E-state index contributed by atoms with van der Waals surface area (Å²) < 4.78 is 5.87. The van der Waals surface area contributed by atoms with Gasteiger partial charge in [-0.2, -0.15) is 0 Å². The molecule has 0 saturated heterocycles. The van der Waals surface area contributed by atoms with Gasteiger partial charge in [0.1, 0.15) is 0 Å². The van der Waals surface area contributed by atoms with Crippen molar-refractivity contribution in [2.75, 3.05) is 6.61 Å². The van der Waals surface area contributed by atoms with E-state index in [4.69, 9.17) is 4.74 Å². The van der Waals surface area contributed by atoms with E-state index in [1.54, 1.807) is 24.3 Å². The minimum Gasteiger partial charge on any atom is -0.457 e. The first-order valence-electron chi connectivity index (χ1n) is 5.62. The number of carbonyl (C=O) groups is 2. The molecule has 0 amide bonds. The number of hydrogen-bond acceptors (Lipinski definition) is 4. The molecule has 1 aromatic carbocycles. The highest BCUT2D eigenvalue weighted by atomic mass is 79.9. The Morgan fingerprint density at radius 2 is 1.89 bits per heavy atom. The molecule has 0 unspecified atom stereocenters. The minimum atomic E-state index is -0.382. The molecule has 0 atom stereocenters. The summed E-state index contributed by atoms with van der Waals surface area (Å²) in [5.74, 6) is -0.583. The molecule has 2 aromatic rings. The predicted molar refractivity (Wildman–Crippen MR) is 77.5 cm³/mol. The maximum absolute atomic E-state index is 11.8. The molecular formula is C14H11BrO3S. The van der Waals surface area contributed by atoms with Gasteiger partial charge in [0.2, 0.25) is 0 Å². The van der Waals surface area contributed by atoms with Crippen molar-refractivity contribution in [2.45, 2.75) is 6.42 Å². The van der Waals surface area contributed by atoms with Crippen LogP contribution >= 0.6 is 27.3 Å². The molecule has 98 valence electrons. The number of Topliss-reactive ketones (excluding diaryl/α,β-unsaturated/α-hetero) is 1. The molecule has 0 fully saturated rings. The Balaban J connectivity index is 1.83. The average molecular weight is 339 g/mol. The summed E-state index contributed by atoms with van der Waals surface area (Å²) in [6.07, 6.45) is 0.214. The Bertz CT molecular complexity index is 561. The van der Waals surface area contributed by atoms with Crippen molar-refractivity contribution in [2.24, 2.45) is 0 Å². The molecule has 1 aromatic heterocycles. The van der Waals surface area contributed by atoms with Crippen LogP contribution in [0.25, 0.3) is 0 Å². The van der Waals surface area contributed by atoms with E-state index in [1.165, 1.54) is 11.3 Å². The fourth-order valence-corrected chi connectivity index (χ4v) is 2.43. The fraction of sp³-hybridized carbons (Fsp3) is 0.143. The maximum Gasteiger partial charge on any atom is 0.311 e. The lowest BCUT2D eigenvalue weighted by atomic mass is 10.1. The van der Waals surface area contributed by atoms with Crippen LogP contribution in [0.15, 0.2) is 46.3 Å². The number of halogens is 1. The first-order valence-corrected chi connectivity index (χ1v) is 7.29. The van der Waals surface area contributed by atoms with Crippen LogP contribution < -0.4 is 0 Å². The van der Waals surface area contributed by atoms with Gasteiger partial charge in [-0.05, 0) is 23.6 Å². The van der Waals surface area contributed by atoms with Crippen molar-refractivity contribution in [1.82, 2.24) is 0 Å². The van der Waals surface area contributed by atoms with Gasteiger partial charge in [0.25, 0.3) is 0 Å². The van der Waals surface area contributed by atoms with E-state index in [2.05, 4.69) is 15.9 Å². The molecule has 0 aliphatic carbocycles. The number of ether oxygens (including phenoxy) is 1. The normalized spacial score (nSPS) is 10.2. The van der Waals surface area contributed by atoms with Crippen LogP contribution in [0.3, 0.4) is 0 Å². The second-order valence-electron chi connectivity index (χ2n) is 3.85. The second kappa shape index (κ2) is 6.63. The number of ketones is 1. The minimum absolute atomic E-state index is 0.202. The second-order valence-corrected chi connectivity index (χ2v) is 5.79. The van der Waals surface area contributed by atoms with E-state index in [0.717, 1.165) is 9.35 Å². The largest absolute Gasteiger partial charge is 0.457 e. The first kappa shape index (κ1) is 14.0. The van der Waals surface area contributed by atoms with Crippen molar-refractivity contribution in [3.05, 3.63) is 56.7 Å². The summed E-state index contributed by atoms with van der Waals surface area (Å²) in [5.41, 5.74) is 0.534. The number of rotatable bonds is 5. The molecule has 0 N–H and O–H groups in total. The Morgan fingerprint density at radius 3 is 2.53 bits per heavy atom. The van der Waals surface area contributed by atoms with Crippen molar-refractivity contribution in [3.63, 3.8) is 0 Å². The molecule has 0 aliphatic rings. The summed E-state index contributed by atoms with van der Waals surface area (Å²) in [6, 6.07) is 10.7. The van der Waals surface area contributed by atoms with Crippen LogP contribution in [0.2, 0.25) is 0 Å². The van der Waals surface area contributed by atoms with Gasteiger partial charge < -0.3 is 4.74 Å². The number of esters is 1. The lowest BCUT2D eigenvalue weighted by molar-refractivity contribution is -0.141. The van der Waals surface area contributed by atoms with Gasteiger partial charge in [0, 0.05) is 14.9 Å². The van der Waals surface area contributed by atoms with Crippen molar-refractivity contribution in [3.8, 4) is 0 Å². The number of thiophene rings is 1. The zero-order valence-electron chi connectivity index (χ0n) is 9.97. The zero-order chi connectivity index (χ0) is 13.7. The first-order chi connectivity index (χ1) is 9.15. The molecule has 0 aliphatic heterocycles. The SMILES string of the molecule is O=C(Cc1cccs1)OCC(=O)c1ccc(Br)cc1. The number of hydrogen-bond donors (Lipinski definition) is 0. The third kappa shape index (κ3) is 4.29. The summed E-state index contributed by atoms with van der Waals surface area (Å²) in [5, 5.41) is 1.90. The number of carbonyl (C=O) groups excluding carboxylic acids is 2. The molecule has 1 heterocycles. The highest BCUT2D eigenvalue weighted by Gasteiger charge is 2.10. The number of benzene rings is 1. The van der Waals surface area contributed by atoms with E-state index in [1.807, 2.05) is 17.5 Å². The van der Waals surface area contributed by atoms with Crippen molar-refractivity contribution < 1.29 is 14.3 Å². The van der Waals surface area contributed by atoms with Gasteiger partial charge in [-0.15, -0.1) is 11.3 Å². The Morgan fingerprint density at radius 1 is 1.16 bits per heavy atom. The third-order valence-electron chi connectivity index (χ3n) is 2.43.